The Kier molecular flexibility index (Phi) is 4.80. The molecule has 118 valence electrons. The van der Waals surface area contributed by atoms with Gasteiger partial charge in [0.25, 0.3) is 0 Å². The van der Waals surface area contributed by atoms with Gasteiger partial charge in [0.05, 0.1) is 19.3 Å². The average molecular weight is 285 g/mol. The van der Waals surface area contributed by atoms with Crippen LogP contribution in [0.1, 0.15) is 53.9 Å². The van der Waals surface area contributed by atoms with Gasteiger partial charge in [-0.15, -0.1) is 0 Å². The second-order valence-electron chi connectivity index (χ2n) is 7.43. The van der Waals surface area contributed by atoms with Crippen molar-refractivity contribution in [2.75, 3.05) is 19.7 Å². The van der Waals surface area contributed by atoms with E-state index in [0.717, 1.165) is 6.42 Å². The zero-order valence-electron chi connectivity index (χ0n) is 13.7. The molecule has 0 aromatic heterocycles. The van der Waals surface area contributed by atoms with E-state index in [-0.39, 0.29) is 17.8 Å². The second kappa shape index (κ2) is 5.91. The predicted molar refractivity (Wildman–Crippen MR) is 78.5 cm³/mol. The standard InChI is InChI=1S/C16H31NO3/c1-6-16(5)8-7-13(15(3,4)12(16)2)20-14-11-17(18)9-10-19-14/h12-14,18H,6-11H2,1-5H3. The van der Waals surface area contributed by atoms with Gasteiger partial charge in [0.2, 0.25) is 0 Å². The number of morpholine rings is 1. The van der Waals surface area contributed by atoms with Crippen molar-refractivity contribution in [1.82, 2.24) is 5.06 Å². The summed E-state index contributed by atoms with van der Waals surface area (Å²) in [7, 11) is 0. The summed E-state index contributed by atoms with van der Waals surface area (Å²) in [5.41, 5.74) is 0.532. The van der Waals surface area contributed by atoms with E-state index in [2.05, 4.69) is 34.6 Å². The van der Waals surface area contributed by atoms with E-state index in [0.29, 0.717) is 31.0 Å². The number of hydroxylamine groups is 2. The Morgan fingerprint density at radius 2 is 2.05 bits per heavy atom. The van der Waals surface area contributed by atoms with Gasteiger partial charge < -0.3 is 14.7 Å². The Morgan fingerprint density at radius 3 is 2.65 bits per heavy atom. The van der Waals surface area contributed by atoms with Crippen molar-refractivity contribution in [2.45, 2.75) is 66.3 Å². The SMILES string of the molecule is CCC1(C)CCC(OC2CN(O)CCO2)C(C)(C)C1C. The molecule has 0 bridgehead atoms. The minimum absolute atomic E-state index is 0.129. The minimum atomic E-state index is -0.295. The highest BCUT2D eigenvalue weighted by atomic mass is 16.7. The Labute approximate surface area is 123 Å². The van der Waals surface area contributed by atoms with Crippen LogP contribution in [0.15, 0.2) is 0 Å². The van der Waals surface area contributed by atoms with Crippen LogP contribution in [-0.4, -0.2) is 42.4 Å². The summed E-state index contributed by atoms with van der Waals surface area (Å²) in [5, 5.41) is 10.9. The summed E-state index contributed by atoms with van der Waals surface area (Å²) in [6, 6.07) is 0. The first-order valence-electron chi connectivity index (χ1n) is 8.00. The van der Waals surface area contributed by atoms with Crippen LogP contribution in [0.4, 0.5) is 0 Å². The second-order valence-corrected chi connectivity index (χ2v) is 7.43. The summed E-state index contributed by atoms with van der Waals surface area (Å²) in [5.74, 6) is 0.604. The molecule has 1 heterocycles. The first kappa shape index (κ1) is 16.2. The van der Waals surface area contributed by atoms with Crippen LogP contribution < -0.4 is 0 Å². The molecule has 0 spiro atoms. The third-order valence-electron chi connectivity index (χ3n) is 6.11. The quantitative estimate of drug-likeness (QED) is 0.864. The van der Waals surface area contributed by atoms with E-state index in [1.54, 1.807) is 0 Å². The van der Waals surface area contributed by atoms with Gasteiger partial charge in [0.1, 0.15) is 0 Å². The fraction of sp³-hybridized carbons (Fsp3) is 1.00. The molecule has 4 atom stereocenters. The summed E-state index contributed by atoms with van der Waals surface area (Å²) in [4.78, 5) is 0. The summed E-state index contributed by atoms with van der Waals surface area (Å²) < 4.78 is 11.8. The Hall–Kier alpha value is -0.160. The highest BCUT2D eigenvalue weighted by molar-refractivity contribution is 4.98. The maximum Gasteiger partial charge on any atom is 0.172 e. The lowest BCUT2D eigenvalue weighted by Crippen LogP contribution is -2.52. The third kappa shape index (κ3) is 3.03. The van der Waals surface area contributed by atoms with Crippen molar-refractivity contribution in [3.05, 3.63) is 0 Å². The Bertz CT molecular complexity index is 334. The van der Waals surface area contributed by atoms with Crippen LogP contribution in [0.25, 0.3) is 0 Å². The molecule has 4 heteroatoms. The zero-order valence-corrected chi connectivity index (χ0v) is 13.7. The lowest BCUT2D eigenvalue weighted by molar-refractivity contribution is -0.276. The number of ether oxygens (including phenoxy) is 2. The van der Waals surface area contributed by atoms with Gasteiger partial charge in [-0.3, -0.25) is 0 Å². The predicted octanol–water partition coefficient (Wildman–Crippen LogP) is 3.29. The van der Waals surface area contributed by atoms with Crippen molar-refractivity contribution >= 4 is 0 Å². The van der Waals surface area contributed by atoms with Crippen LogP contribution in [-0.2, 0) is 9.47 Å². The van der Waals surface area contributed by atoms with Crippen molar-refractivity contribution in [3.63, 3.8) is 0 Å². The smallest absolute Gasteiger partial charge is 0.172 e. The van der Waals surface area contributed by atoms with Crippen molar-refractivity contribution in [1.29, 1.82) is 0 Å². The number of rotatable bonds is 3. The summed E-state index contributed by atoms with van der Waals surface area (Å²) >= 11 is 0. The molecule has 1 saturated carbocycles. The number of hydrogen-bond donors (Lipinski definition) is 1. The van der Waals surface area contributed by atoms with Gasteiger partial charge >= 0.3 is 0 Å². The minimum Gasteiger partial charge on any atom is -0.350 e. The Morgan fingerprint density at radius 1 is 1.35 bits per heavy atom. The first-order valence-corrected chi connectivity index (χ1v) is 8.00. The van der Waals surface area contributed by atoms with Gasteiger partial charge in [0.15, 0.2) is 6.29 Å². The number of nitrogens with zero attached hydrogens (tertiary/aromatic N) is 1. The molecule has 2 rings (SSSR count). The molecule has 2 fully saturated rings. The van der Waals surface area contributed by atoms with Crippen LogP contribution in [0.3, 0.4) is 0 Å². The van der Waals surface area contributed by atoms with E-state index in [4.69, 9.17) is 9.47 Å². The van der Waals surface area contributed by atoms with E-state index >= 15 is 0 Å². The van der Waals surface area contributed by atoms with Crippen LogP contribution >= 0.6 is 0 Å². The van der Waals surface area contributed by atoms with Gasteiger partial charge in [-0.2, -0.15) is 5.06 Å². The molecule has 0 amide bonds. The Balaban J connectivity index is 2.02. The first-order chi connectivity index (χ1) is 9.29. The molecule has 1 aliphatic heterocycles. The van der Waals surface area contributed by atoms with Crippen LogP contribution in [0, 0.1) is 16.7 Å². The lowest BCUT2D eigenvalue weighted by Gasteiger charge is -2.53. The van der Waals surface area contributed by atoms with Gasteiger partial charge in [-0.05, 0) is 29.6 Å². The average Bonchev–Trinajstić information content (AvgIpc) is 2.40. The molecule has 0 aromatic carbocycles. The molecule has 0 aromatic rings. The van der Waals surface area contributed by atoms with Crippen molar-refractivity contribution in [2.24, 2.45) is 16.7 Å². The molecule has 4 unspecified atom stereocenters. The molecule has 0 radical (unpaired) electrons. The molecular formula is C16H31NO3. The van der Waals surface area contributed by atoms with E-state index in [1.165, 1.54) is 17.9 Å². The van der Waals surface area contributed by atoms with Crippen molar-refractivity contribution in [3.8, 4) is 0 Å². The molecule has 1 saturated heterocycles. The largest absolute Gasteiger partial charge is 0.350 e. The maximum absolute atomic E-state index is 9.59. The molecule has 2 aliphatic rings. The molecule has 20 heavy (non-hydrogen) atoms. The van der Waals surface area contributed by atoms with Gasteiger partial charge in [-0.1, -0.05) is 41.0 Å². The number of hydrogen-bond acceptors (Lipinski definition) is 4. The highest BCUT2D eigenvalue weighted by Gasteiger charge is 2.49. The van der Waals surface area contributed by atoms with Crippen molar-refractivity contribution < 1.29 is 14.7 Å². The van der Waals surface area contributed by atoms with Gasteiger partial charge in [-0.25, -0.2) is 0 Å². The normalized spacial score (nSPS) is 42.6. The monoisotopic (exact) mass is 285 g/mol. The van der Waals surface area contributed by atoms with Crippen LogP contribution in [0.2, 0.25) is 0 Å². The van der Waals surface area contributed by atoms with E-state index in [1.807, 2.05) is 0 Å². The highest BCUT2D eigenvalue weighted by Crippen LogP contribution is 2.53. The van der Waals surface area contributed by atoms with E-state index in [9.17, 15) is 5.21 Å². The van der Waals surface area contributed by atoms with Crippen LogP contribution in [0.5, 0.6) is 0 Å². The summed E-state index contributed by atoms with van der Waals surface area (Å²) in [6.45, 7) is 13.2. The third-order valence-corrected chi connectivity index (χ3v) is 6.11. The maximum atomic E-state index is 9.59. The molecular weight excluding hydrogens is 254 g/mol. The van der Waals surface area contributed by atoms with E-state index < -0.39 is 0 Å². The molecule has 4 nitrogen and oxygen atoms in total. The summed E-state index contributed by atoms with van der Waals surface area (Å²) in [6.07, 6.45) is 3.40. The lowest BCUT2D eigenvalue weighted by atomic mass is 9.55. The zero-order chi connectivity index (χ0) is 15.0. The molecule has 1 aliphatic carbocycles. The van der Waals surface area contributed by atoms with Gasteiger partial charge in [0, 0.05) is 6.54 Å². The fourth-order valence-electron chi connectivity index (χ4n) is 3.82. The topological polar surface area (TPSA) is 41.9 Å². The molecule has 1 N–H and O–H groups in total. The fourth-order valence-corrected chi connectivity index (χ4v) is 3.82.